The number of para-hydroxylation sites is 1. The fourth-order valence-corrected chi connectivity index (χ4v) is 6.51. The Balaban J connectivity index is 0.00000202. The van der Waals surface area contributed by atoms with E-state index in [1.165, 1.54) is 12.1 Å². The van der Waals surface area contributed by atoms with E-state index >= 15 is 0 Å². The molecule has 1 spiro atoms. The number of hydrogen-bond acceptors (Lipinski definition) is 6. The Morgan fingerprint density at radius 2 is 1.76 bits per heavy atom. The molecule has 42 heavy (non-hydrogen) atoms. The summed E-state index contributed by atoms with van der Waals surface area (Å²) in [6, 6.07) is 19.1. The van der Waals surface area contributed by atoms with Gasteiger partial charge in [0, 0.05) is 37.2 Å². The van der Waals surface area contributed by atoms with E-state index in [4.69, 9.17) is 4.74 Å². The molecule has 6 rings (SSSR count). The lowest BCUT2D eigenvalue weighted by atomic mass is 9.97. The highest BCUT2D eigenvalue weighted by Gasteiger charge is 2.57. The van der Waals surface area contributed by atoms with Crippen LogP contribution in [0.5, 0.6) is 11.6 Å². The number of benzene rings is 2. The number of alkyl halides is 3. The van der Waals surface area contributed by atoms with Crippen molar-refractivity contribution in [2.75, 3.05) is 25.4 Å². The van der Waals surface area contributed by atoms with Crippen LogP contribution in [0.4, 0.5) is 13.2 Å². The molecule has 0 N–H and O–H groups in total. The van der Waals surface area contributed by atoms with Gasteiger partial charge in [-0.25, -0.2) is 4.98 Å². The average Bonchev–Trinajstić information content (AvgIpc) is 3.30. The van der Waals surface area contributed by atoms with Crippen LogP contribution in [0.3, 0.4) is 0 Å². The summed E-state index contributed by atoms with van der Waals surface area (Å²) in [6.45, 7) is 3.08. The molecule has 2 aliphatic rings. The van der Waals surface area contributed by atoms with E-state index in [1.807, 2.05) is 54.1 Å². The Morgan fingerprint density at radius 3 is 2.45 bits per heavy atom. The molecule has 6 nitrogen and oxygen atoms in total. The predicted molar refractivity (Wildman–Crippen MR) is 163 cm³/mol. The fraction of sp³-hybridized carbons (Fsp3) is 0.367. The van der Waals surface area contributed by atoms with Gasteiger partial charge in [0.1, 0.15) is 5.75 Å². The summed E-state index contributed by atoms with van der Waals surface area (Å²) < 4.78 is 46.4. The predicted octanol–water partition coefficient (Wildman–Crippen LogP) is 7.89. The van der Waals surface area contributed by atoms with Crippen molar-refractivity contribution in [1.29, 1.82) is 0 Å². The number of rotatable bonds is 9. The summed E-state index contributed by atoms with van der Waals surface area (Å²) in [7, 11) is 1.96. The molecule has 12 heteroatoms. The second kappa shape index (κ2) is 13.2. The lowest BCUT2D eigenvalue weighted by molar-refractivity contribution is -0.137. The molecule has 3 heterocycles. The molecular weight excluding hydrogens is 606 g/mol. The van der Waals surface area contributed by atoms with Gasteiger partial charge in [-0.2, -0.15) is 13.2 Å². The quantitative estimate of drug-likeness (QED) is 0.137. The van der Waals surface area contributed by atoms with Gasteiger partial charge < -0.3 is 14.2 Å². The molecule has 1 aliphatic carbocycles. The molecule has 1 saturated carbocycles. The van der Waals surface area contributed by atoms with Gasteiger partial charge in [0.2, 0.25) is 5.88 Å². The largest absolute Gasteiger partial charge is 0.439 e. The van der Waals surface area contributed by atoms with E-state index in [-0.39, 0.29) is 30.2 Å². The molecule has 2 aromatic carbocycles. The van der Waals surface area contributed by atoms with E-state index in [0.717, 1.165) is 72.5 Å². The second-order valence-corrected chi connectivity index (χ2v) is 11.7. The topological polar surface area (TPSA) is 56.1 Å². The van der Waals surface area contributed by atoms with Crippen LogP contribution in [-0.2, 0) is 13.2 Å². The van der Waals surface area contributed by atoms with Crippen molar-refractivity contribution < 1.29 is 17.9 Å². The third-order valence-electron chi connectivity index (χ3n) is 7.94. The monoisotopic (exact) mass is 637 g/mol. The van der Waals surface area contributed by atoms with Crippen molar-refractivity contribution in [3.63, 3.8) is 0 Å². The minimum atomic E-state index is -4.28. The molecule has 1 aliphatic heterocycles. The number of aromatic nitrogens is 4. The molecule has 0 amide bonds. The first-order chi connectivity index (χ1) is 19.3. The molecule has 0 unspecified atom stereocenters. The Bertz CT molecular complexity index is 1450. The number of hydrogen-bond donors (Lipinski definition) is 0. The van der Waals surface area contributed by atoms with E-state index in [0.29, 0.717) is 11.8 Å². The maximum absolute atomic E-state index is 12.9. The zero-order valence-corrected chi connectivity index (χ0v) is 25.4. The molecule has 0 bridgehead atoms. The van der Waals surface area contributed by atoms with Gasteiger partial charge >= 0.3 is 6.18 Å². The normalized spacial score (nSPS) is 19.8. The van der Waals surface area contributed by atoms with Gasteiger partial charge in [0.15, 0.2) is 11.0 Å². The van der Waals surface area contributed by atoms with Crippen molar-refractivity contribution >= 4 is 36.6 Å². The number of halogens is 5. The summed E-state index contributed by atoms with van der Waals surface area (Å²) in [4.78, 5) is 6.91. The first-order valence-corrected chi connectivity index (χ1v) is 14.4. The molecular formula is C30H32Cl2F3N5OS. The minimum Gasteiger partial charge on any atom is -0.439 e. The van der Waals surface area contributed by atoms with Crippen molar-refractivity contribution in [3.8, 4) is 23.0 Å². The van der Waals surface area contributed by atoms with Gasteiger partial charge in [0.05, 0.1) is 5.56 Å². The number of pyridine rings is 1. The maximum atomic E-state index is 12.9. The smallest absolute Gasteiger partial charge is 0.416 e. The van der Waals surface area contributed by atoms with Crippen LogP contribution < -0.4 is 4.74 Å². The highest BCUT2D eigenvalue weighted by atomic mass is 35.5. The Hall–Kier alpha value is -2.79. The lowest BCUT2D eigenvalue weighted by Crippen LogP contribution is -2.23. The van der Waals surface area contributed by atoms with Crippen LogP contribution in [0.1, 0.15) is 36.3 Å². The SMILES string of the molecule is Cl.Cl.Cn1c(SCCCN2CC[C@]3(C[C@@H]3c3ccc(C(F)(F)F)cc3)C2)nnc1-c1ccc(Oc2ccccc2)nc1. The van der Waals surface area contributed by atoms with Crippen LogP contribution in [0.2, 0.25) is 0 Å². The van der Waals surface area contributed by atoms with Crippen LogP contribution in [-0.4, -0.2) is 50.0 Å². The number of thioether (sulfide) groups is 1. The summed E-state index contributed by atoms with van der Waals surface area (Å²) in [5, 5.41) is 9.62. The average molecular weight is 639 g/mol. The molecule has 2 atom stereocenters. The van der Waals surface area contributed by atoms with Crippen molar-refractivity contribution in [3.05, 3.63) is 84.1 Å². The maximum Gasteiger partial charge on any atom is 0.416 e. The highest BCUT2D eigenvalue weighted by Crippen LogP contribution is 2.64. The van der Waals surface area contributed by atoms with E-state index in [1.54, 1.807) is 30.1 Å². The standard InChI is InChI=1S/C30H30F3N5OS.2ClH/c1-37-27(22-10-13-26(34-19-22)39-24-6-3-2-4-7-24)35-36-28(37)40-17-5-15-38-16-14-29(20-38)18-25(29)21-8-11-23(12-9-21)30(31,32)33;;/h2-4,6-13,19,25H,5,14-18,20H2,1H3;2*1H/t25-,29+;;/m1../s1. The first-order valence-electron chi connectivity index (χ1n) is 13.4. The van der Waals surface area contributed by atoms with E-state index in [9.17, 15) is 13.2 Å². The minimum absolute atomic E-state index is 0. The molecule has 2 fully saturated rings. The molecule has 2 aromatic heterocycles. The molecule has 224 valence electrons. The van der Waals surface area contributed by atoms with Gasteiger partial charge in [-0.05, 0) is 79.6 Å². The third-order valence-corrected chi connectivity index (χ3v) is 9.05. The second-order valence-electron chi connectivity index (χ2n) is 10.6. The van der Waals surface area contributed by atoms with Gasteiger partial charge in [-0.15, -0.1) is 35.0 Å². The highest BCUT2D eigenvalue weighted by molar-refractivity contribution is 7.99. The zero-order chi connectivity index (χ0) is 27.7. The summed E-state index contributed by atoms with van der Waals surface area (Å²) >= 11 is 1.69. The Kier molecular flexibility index (Phi) is 10.1. The van der Waals surface area contributed by atoms with Crippen LogP contribution in [0.25, 0.3) is 11.4 Å². The number of likely N-dealkylation sites (tertiary alicyclic amines) is 1. The third kappa shape index (κ3) is 7.05. The van der Waals surface area contributed by atoms with Gasteiger partial charge in [-0.1, -0.05) is 42.1 Å². The molecule has 0 radical (unpaired) electrons. The van der Waals surface area contributed by atoms with Crippen LogP contribution in [0, 0.1) is 5.41 Å². The van der Waals surface area contributed by atoms with Gasteiger partial charge in [-0.3, -0.25) is 0 Å². The lowest BCUT2D eigenvalue weighted by Gasteiger charge is -2.16. The summed E-state index contributed by atoms with van der Waals surface area (Å²) in [6.07, 6.45) is 0.674. The summed E-state index contributed by atoms with van der Waals surface area (Å²) in [5.41, 5.74) is 1.57. The van der Waals surface area contributed by atoms with Crippen molar-refractivity contribution in [2.45, 2.75) is 36.5 Å². The Morgan fingerprint density at radius 1 is 1.00 bits per heavy atom. The van der Waals surface area contributed by atoms with Crippen LogP contribution in [0.15, 0.2) is 78.1 Å². The van der Waals surface area contributed by atoms with Gasteiger partial charge in [0.25, 0.3) is 0 Å². The molecule has 4 aromatic rings. The van der Waals surface area contributed by atoms with Crippen LogP contribution >= 0.6 is 36.6 Å². The zero-order valence-electron chi connectivity index (χ0n) is 23.0. The van der Waals surface area contributed by atoms with Crippen molar-refractivity contribution in [2.24, 2.45) is 12.5 Å². The number of ether oxygens (including phenoxy) is 1. The van der Waals surface area contributed by atoms with E-state index < -0.39 is 11.7 Å². The Labute approximate surface area is 259 Å². The fourth-order valence-electron chi connectivity index (χ4n) is 5.68. The summed E-state index contributed by atoms with van der Waals surface area (Å²) in [5.74, 6) is 3.32. The first kappa shape index (κ1) is 32.1. The van der Waals surface area contributed by atoms with Crippen molar-refractivity contribution in [1.82, 2.24) is 24.6 Å². The van der Waals surface area contributed by atoms with E-state index in [2.05, 4.69) is 20.1 Å². The molecule has 1 saturated heterocycles. The number of nitrogens with zero attached hydrogens (tertiary/aromatic N) is 5.